The molecule has 0 aliphatic heterocycles. The van der Waals surface area contributed by atoms with Gasteiger partial charge < -0.3 is 10.0 Å². The molecule has 7 heteroatoms. The van der Waals surface area contributed by atoms with E-state index in [0.29, 0.717) is 0 Å². The molecule has 0 aromatic carbocycles. The number of likely N-dealkylation sites (N-methyl/N-ethyl adjacent to an activating group) is 1. The van der Waals surface area contributed by atoms with Crippen molar-refractivity contribution in [2.45, 2.75) is 38.0 Å². The van der Waals surface area contributed by atoms with Crippen molar-refractivity contribution in [2.24, 2.45) is 0 Å². The summed E-state index contributed by atoms with van der Waals surface area (Å²) >= 11 is 0. The Hall–Kier alpha value is -1.11. The van der Waals surface area contributed by atoms with Gasteiger partial charge in [0.25, 0.3) is 0 Å². The molecule has 0 fully saturated rings. The summed E-state index contributed by atoms with van der Waals surface area (Å²) in [6.07, 6.45) is 0.951. The van der Waals surface area contributed by atoms with Crippen LogP contribution in [-0.4, -0.2) is 53.9 Å². The third kappa shape index (κ3) is 2.77. The number of rotatable bonds is 4. The molecule has 0 heterocycles. The summed E-state index contributed by atoms with van der Waals surface area (Å²) in [7, 11) is -2.34. The van der Waals surface area contributed by atoms with Gasteiger partial charge in [0.1, 0.15) is 10.3 Å². The first-order chi connectivity index (χ1) is 7.26. The zero-order valence-electron chi connectivity index (χ0n) is 10.9. The lowest BCUT2D eigenvalue weighted by molar-refractivity contribution is -0.156. The van der Waals surface area contributed by atoms with E-state index in [1.54, 1.807) is 0 Å². The summed E-state index contributed by atoms with van der Waals surface area (Å²) in [6, 6.07) is 0. The second-order valence-electron chi connectivity index (χ2n) is 5.01. The van der Waals surface area contributed by atoms with E-state index < -0.39 is 32.0 Å². The molecule has 1 amide bonds. The maximum absolute atomic E-state index is 12.0. The van der Waals surface area contributed by atoms with E-state index in [9.17, 15) is 18.0 Å². The topological polar surface area (TPSA) is 91.8 Å². The van der Waals surface area contributed by atoms with Gasteiger partial charge in [-0.25, -0.2) is 13.2 Å². The average molecular weight is 265 g/mol. The molecule has 1 N–H and O–H groups in total. The normalized spacial score (nSPS) is 13.3. The molecule has 0 radical (unpaired) electrons. The summed E-state index contributed by atoms with van der Waals surface area (Å²) in [5, 5.41) is 8.99. The van der Waals surface area contributed by atoms with Gasteiger partial charge in [-0.15, -0.1) is 0 Å². The number of hydrogen-bond acceptors (Lipinski definition) is 4. The zero-order chi connectivity index (χ0) is 14.2. The molecule has 100 valence electrons. The fourth-order valence-corrected chi connectivity index (χ4v) is 1.41. The molecular formula is C10H19NO5S. The highest BCUT2D eigenvalue weighted by Crippen LogP contribution is 2.23. The highest BCUT2D eigenvalue weighted by atomic mass is 32.2. The molecule has 0 atom stereocenters. The summed E-state index contributed by atoms with van der Waals surface area (Å²) in [5.41, 5.74) is -1.46. The summed E-state index contributed by atoms with van der Waals surface area (Å²) in [6.45, 7) is 5.20. The van der Waals surface area contributed by atoms with E-state index in [4.69, 9.17) is 5.11 Å². The first-order valence-electron chi connectivity index (χ1n) is 4.97. The molecule has 0 rings (SSSR count). The van der Waals surface area contributed by atoms with Crippen LogP contribution >= 0.6 is 0 Å². The third-order valence-corrected chi connectivity index (χ3v) is 5.14. The first-order valence-corrected chi connectivity index (χ1v) is 6.86. The molecule has 0 aromatic rings. The van der Waals surface area contributed by atoms with E-state index in [1.807, 2.05) is 0 Å². The highest BCUT2D eigenvalue weighted by Gasteiger charge is 2.46. The Bertz CT molecular complexity index is 436. The fourth-order valence-electron chi connectivity index (χ4n) is 0.960. The summed E-state index contributed by atoms with van der Waals surface area (Å²) < 4.78 is 21.4. The van der Waals surface area contributed by atoms with Crippen LogP contribution in [0.25, 0.3) is 0 Å². The molecule has 0 aliphatic carbocycles. The predicted octanol–water partition coefficient (Wildman–Crippen LogP) is 0.131. The van der Waals surface area contributed by atoms with Crippen molar-refractivity contribution in [1.82, 2.24) is 4.90 Å². The highest BCUT2D eigenvalue weighted by molar-refractivity contribution is 7.92. The van der Waals surface area contributed by atoms with Crippen LogP contribution in [0.4, 0.5) is 0 Å². The van der Waals surface area contributed by atoms with Crippen molar-refractivity contribution in [3.63, 3.8) is 0 Å². The maximum Gasteiger partial charge on any atom is 0.329 e. The number of carboxylic acids is 1. The standard InChI is InChI=1S/C10H19NO5S/c1-9(2,8(13)14)11(5)7(12)10(3,4)17(6,15)16/h1-6H3,(H,13,14). The monoisotopic (exact) mass is 265 g/mol. The SMILES string of the molecule is CN(C(=O)C(C)(C)S(C)(=O)=O)C(C)(C)C(=O)O. The van der Waals surface area contributed by atoms with E-state index in [-0.39, 0.29) is 0 Å². The van der Waals surface area contributed by atoms with Crippen LogP contribution in [-0.2, 0) is 19.4 Å². The number of amides is 1. The number of aliphatic carboxylic acids is 1. The molecule has 0 bridgehead atoms. The van der Waals surface area contributed by atoms with Gasteiger partial charge in [-0.1, -0.05) is 0 Å². The molecule has 0 aliphatic rings. The Labute approximate surface area is 102 Å². The van der Waals surface area contributed by atoms with Gasteiger partial charge >= 0.3 is 5.97 Å². The number of hydrogen-bond donors (Lipinski definition) is 1. The number of carboxylic acid groups (broad SMARTS) is 1. The predicted molar refractivity (Wildman–Crippen MR) is 63.4 cm³/mol. The van der Waals surface area contributed by atoms with Crippen LogP contribution < -0.4 is 0 Å². The fraction of sp³-hybridized carbons (Fsp3) is 0.800. The number of carbonyl (C=O) groups is 2. The molecule has 0 saturated carbocycles. The average Bonchev–Trinajstić information content (AvgIpc) is 2.13. The lowest BCUT2D eigenvalue weighted by atomic mass is 10.0. The van der Waals surface area contributed by atoms with Crippen molar-refractivity contribution in [3.05, 3.63) is 0 Å². The van der Waals surface area contributed by atoms with Crippen molar-refractivity contribution in [3.8, 4) is 0 Å². The van der Waals surface area contributed by atoms with Gasteiger partial charge in [-0.3, -0.25) is 4.79 Å². The lowest BCUT2D eigenvalue weighted by Gasteiger charge is -2.36. The van der Waals surface area contributed by atoms with Crippen LogP contribution in [0.15, 0.2) is 0 Å². The zero-order valence-corrected chi connectivity index (χ0v) is 11.8. The van der Waals surface area contributed by atoms with Crippen molar-refractivity contribution < 1.29 is 23.1 Å². The third-order valence-electron chi connectivity index (χ3n) is 3.11. The molecule has 6 nitrogen and oxygen atoms in total. The lowest BCUT2D eigenvalue weighted by Crippen LogP contribution is -2.58. The first kappa shape index (κ1) is 15.9. The number of nitrogens with zero attached hydrogens (tertiary/aromatic N) is 1. The number of sulfone groups is 1. The molecule has 17 heavy (non-hydrogen) atoms. The van der Waals surface area contributed by atoms with Crippen LogP contribution in [0, 0.1) is 0 Å². The van der Waals surface area contributed by atoms with Crippen molar-refractivity contribution in [1.29, 1.82) is 0 Å². The second-order valence-corrected chi connectivity index (χ2v) is 7.58. The summed E-state index contributed by atoms with van der Waals surface area (Å²) in [5.74, 6) is -1.94. The second kappa shape index (κ2) is 4.29. The Balaban J connectivity index is 5.44. The minimum atomic E-state index is -3.62. The van der Waals surface area contributed by atoms with E-state index in [0.717, 1.165) is 11.2 Å². The Morgan fingerprint density at radius 3 is 1.71 bits per heavy atom. The van der Waals surface area contributed by atoms with Crippen LogP contribution in [0.5, 0.6) is 0 Å². The Kier molecular flexibility index (Phi) is 4.01. The van der Waals surface area contributed by atoms with Gasteiger partial charge in [-0.05, 0) is 27.7 Å². The quantitative estimate of drug-likeness (QED) is 0.780. The van der Waals surface area contributed by atoms with Crippen molar-refractivity contribution >= 4 is 21.7 Å². The number of carbonyl (C=O) groups excluding carboxylic acids is 1. The molecular weight excluding hydrogens is 246 g/mol. The van der Waals surface area contributed by atoms with Gasteiger partial charge in [0.2, 0.25) is 5.91 Å². The minimum absolute atomic E-state index is 0.743. The van der Waals surface area contributed by atoms with E-state index >= 15 is 0 Å². The molecule has 0 aromatic heterocycles. The van der Waals surface area contributed by atoms with Crippen LogP contribution in [0.3, 0.4) is 0 Å². The van der Waals surface area contributed by atoms with Gasteiger partial charge in [-0.2, -0.15) is 0 Å². The van der Waals surface area contributed by atoms with E-state index in [2.05, 4.69) is 0 Å². The van der Waals surface area contributed by atoms with Gasteiger partial charge in [0, 0.05) is 13.3 Å². The smallest absolute Gasteiger partial charge is 0.329 e. The maximum atomic E-state index is 12.0. The molecule has 0 saturated heterocycles. The molecule has 0 unspecified atom stereocenters. The largest absolute Gasteiger partial charge is 0.480 e. The van der Waals surface area contributed by atoms with Gasteiger partial charge in [0.05, 0.1) is 0 Å². The van der Waals surface area contributed by atoms with Crippen molar-refractivity contribution in [2.75, 3.05) is 13.3 Å². The van der Waals surface area contributed by atoms with E-state index in [1.165, 1.54) is 34.7 Å². The Morgan fingerprint density at radius 2 is 1.47 bits per heavy atom. The van der Waals surface area contributed by atoms with Gasteiger partial charge in [0.15, 0.2) is 9.84 Å². The summed E-state index contributed by atoms with van der Waals surface area (Å²) in [4.78, 5) is 24.0. The molecule has 0 spiro atoms. The minimum Gasteiger partial charge on any atom is -0.480 e. The Morgan fingerprint density at radius 1 is 1.12 bits per heavy atom. The van der Waals surface area contributed by atoms with Crippen LogP contribution in [0.1, 0.15) is 27.7 Å². The van der Waals surface area contributed by atoms with Crippen LogP contribution in [0.2, 0.25) is 0 Å².